The summed E-state index contributed by atoms with van der Waals surface area (Å²) in [7, 11) is 0. The van der Waals surface area contributed by atoms with Gasteiger partial charge in [0.05, 0.1) is 0 Å². The molecule has 6 heteroatoms. The van der Waals surface area contributed by atoms with Gasteiger partial charge in [0.25, 0.3) is 0 Å². The van der Waals surface area contributed by atoms with Crippen molar-refractivity contribution >= 4 is 17.4 Å². The minimum Gasteiger partial charge on any atom is -0.444 e. The van der Waals surface area contributed by atoms with Crippen molar-refractivity contribution in [3.8, 4) is 0 Å². The zero-order chi connectivity index (χ0) is 14.0. The van der Waals surface area contributed by atoms with Gasteiger partial charge in [-0.05, 0) is 40.5 Å². The molecule has 1 atom stereocenters. The molecule has 0 aliphatic carbocycles. The maximum atomic E-state index is 12.1. The molecule has 0 N–H and O–H groups in total. The molecule has 5 nitrogen and oxygen atoms in total. The summed E-state index contributed by atoms with van der Waals surface area (Å²) in [6.45, 7) is 9.07. The van der Waals surface area contributed by atoms with E-state index in [2.05, 4.69) is 10.2 Å². The summed E-state index contributed by atoms with van der Waals surface area (Å²) < 4.78 is 5.42. The van der Waals surface area contributed by atoms with Gasteiger partial charge in [-0.3, -0.25) is 0 Å². The Morgan fingerprint density at radius 2 is 2.16 bits per heavy atom. The number of hydrogen-bond donors (Lipinski definition) is 0. The summed E-state index contributed by atoms with van der Waals surface area (Å²) >= 11 is 1.62. The first kappa shape index (κ1) is 14.2. The summed E-state index contributed by atoms with van der Waals surface area (Å²) in [6.07, 6.45) is 1.83. The van der Waals surface area contributed by atoms with E-state index in [1.54, 1.807) is 16.2 Å². The van der Waals surface area contributed by atoms with Gasteiger partial charge in [-0.2, -0.15) is 0 Å². The van der Waals surface area contributed by atoms with E-state index in [0.717, 1.165) is 29.4 Å². The summed E-state index contributed by atoms with van der Waals surface area (Å²) in [4.78, 5) is 13.9. The van der Waals surface area contributed by atoms with Crippen LogP contribution in [0.5, 0.6) is 0 Å². The molecule has 2 rings (SSSR count). The van der Waals surface area contributed by atoms with E-state index in [1.807, 2.05) is 27.7 Å². The van der Waals surface area contributed by atoms with Gasteiger partial charge in [0.1, 0.15) is 15.6 Å². The fraction of sp³-hybridized carbons (Fsp3) is 0.769. The number of rotatable bonds is 1. The van der Waals surface area contributed by atoms with Crippen molar-refractivity contribution < 1.29 is 9.53 Å². The van der Waals surface area contributed by atoms with Crippen LogP contribution >= 0.6 is 11.3 Å². The standard InChI is InChI=1S/C13H21N3O2S/c1-9-14-15-11(19-9)10-6-5-7-16(8-10)12(17)18-13(2,3)4/h10H,5-8H2,1-4H3. The highest BCUT2D eigenvalue weighted by Gasteiger charge is 2.29. The summed E-state index contributed by atoms with van der Waals surface area (Å²) in [5.74, 6) is 0.299. The van der Waals surface area contributed by atoms with Gasteiger partial charge in [-0.1, -0.05) is 0 Å². The Bertz CT molecular complexity index is 453. The maximum Gasteiger partial charge on any atom is 0.410 e. The van der Waals surface area contributed by atoms with Crippen molar-refractivity contribution in [3.05, 3.63) is 10.0 Å². The van der Waals surface area contributed by atoms with Crippen LogP contribution in [-0.4, -0.2) is 39.9 Å². The van der Waals surface area contributed by atoms with Crippen LogP contribution in [-0.2, 0) is 4.74 Å². The Balaban J connectivity index is 1.99. The number of aryl methyl sites for hydroxylation is 1. The molecule has 1 aliphatic heterocycles. The Morgan fingerprint density at radius 3 is 2.74 bits per heavy atom. The van der Waals surface area contributed by atoms with E-state index in [1.165, 1.54) is 0 Å². The molecule has 2 heterocycles. The zero-order valence-corrected chi connectivity index (χ0v) is 12.8. The second-order valence-corrected chi connectivity index (χ2v) is 7.14. The van der Waals surface area contributed by atoms with Crippen LogP contribution in [0.25, 0.3) is 0 Å². The lowest BCUT2D eigenvalue weighted by molar-refractivity contribution is 0.0198. The number of ether oxygens (including phenoxy) is 1. The Labute approximate surface area is 118 Å². The molecule has 106 valence electrons. The maximum absolute atomic E-state index is 12.1. The van der Waals surface area contributed by atoms with Crippen LogP contribution in [0.3, 0.4) is 0 Å². The Morgan fingerprint density at radius 1 is 1.42 bits per heavy atom. The minimum absolute atomic E-state index is 0.224. The lowest BCUT2D eigenvalue weighted by atomic mass is 9.99. The summed E-state index contributed by atoms with van der Waals surface area (Å²) in [6, 6.07) is 0. The number of carbonyl (C=O) groups is 1. The third-order valence-corrected chi connectivity index (χ3v) is 3.97. The van der Waals surface area contributed by atoms with Crippen molar-refractivity contribution in [1.29, 1.82) is 0 Å². The number of nitrogens with zero attached hydrogens (tertiary/aromatic N) is 3. The van der Waals surface area contributed by atoms with Gasteiger partial charge in [-0.15, -0.1) is 21.5 Å². The molecule has 1 aromatic rings. The largest absolute Gasteiger partial charge is 0.444 e. The SMILES string of the molecule is Cc1nnc(C2CCCN(C(=O)OC(C)(C)C)C2)s1. The molecule has 0 spiro atoms. The van der Waals surface area contributed by atoms with Crippen LogP contribution in [0.1, 0.15) is 49.5 Å². The van der Waals surface area contributed by atoms with Gasteiger partial charge in [-0.25, -0.2) is 4.79 Å². The topological polar surface area (TPSA) is 55.3 Å². The predicted molar refractivity (Wildman–Crippen MR) is 74.4 cm³/mol. The number of hydrogen-bond acceptors (Lipinski definition) is 5. The normalized spacial score (nSPS) is 20.4. The molecule has 1 amide bonds. The molecule has 0 saturated carbocycles. The molecule has 0 bridgehead atoms. The van der Waals surface area contributed by atoms with E-state index in [0.29, 0.717) is 12.5 Å². The molecule has 1 unspecified atom stereocenters. The van der Waals surface area contributed by atoms with Gasteiger partial charge in [0.2, 0.25) is 0 Å². The second kappa shape index (κ2) is 5.45. The van der Waals surface area contributed by atoms with Gasteiger partial charge in [0, 0.05) is 19.0 Å². The first-order chi connectivity index (χ1) is 8.85. The van der Waals surface area contributed by atoms with E-state index < -0.39 is 5.60 Å². The number of aromatic nitrogens is 2. The quantitative estimate of drug-likeness (QED) is 0.795. The number of amides is 1. The third kappa shape index (κ3) is 3.89. The number of piperidine rings is 1. The average molecular weight is 283 g/mol. The molecular formula is C13H21N3O2S. The fourth-order valence-corrected chi connectivity index (χ4v) is 2.97. The van der Waals surface area contributed by atoms with Crippen LogP contribution in [0.4, 0.5) is 4.79 Å². The van der Waals surface area contributed by atoms with Crippen molar-refractivity contribution in [1.82, 2.24) is 15.1 Å². The molecule has 0 aromatic carbocycles. The molecule has 1 aliphatic rings. The fourth-order valence-electron chi connectivity index (χ4n) is 2.15. The van der Waals surface area contributed by atoms with Gasteiger partial charge in [0.15, 0.2) is 0 Å². The molecule has 19 heavy (non-hydrogen) atoms. The monoisotopic (exact) mass is 283 g/mol. The lowest BCUT2D eigenvalue weighted by Gasteiger charge is -2.33. The third-order valence-electron chi connectivity index (χ3n) is 2.96. The van der Waals surface area contributed by atoms with E-state index in [9.17, 15) is 4.79 Å². The minimum atomic E-state index is -0.441. The van der Waals surface area contributed by atoms with Crippen LogP contribution in [0, 0.1) is 6.92 Å². The number of likely N-dealkylation sites (tertiary alicyclic amines) is 1. The van der Waals surface area contributed by atoms with Crippen LogP contribution < -0.4 is 0 Å². The summed E-state index contributed by atoms with van der Waals surface area (Å²) in [5, 5.41) is 10.3. The molecule has 1 saturated heterocycles. The highest BCUT2D eigenvalue weighted by Crippen LogP contribution is 2.29. The Kier molecular flexibility index (Phi) is 4.08. The second-order valence-electron chi connectivity index (χ2n) is 5.92. The summed E-state index contributed by atoms with van der Waals surface area (Å²) in [5.41, 5.74) is -0.441. The molecule has 0 radical (unpaired) electrons. The average Bonchev–Trinajstić information content (AvgIpc) is 2.74. The van der Waals surface area contributed by atoms with Crippen molar-refractivity contribution in [2.24, 2.45) is 0 Å². The van der Waals surface area contributed by atoms with E-state index >= 15 is 0 Å². The molecular weight excluding hydrogens is 262 g/mol. The van der Waals surface area contributed by atoms with Crippen LogP contribution in [0.15, 0.2) is 0 Å². The highest BCUT2D eigenvalue weighted by molar-refractivity contribution is 7.11. The van der Waals surface area contributed by atoms with Gasteiger partial charge < -0.3 is 9.64 Å². The Hall–Kier alpha value is -1.17. The van der Waals surface area contributed by atoms with Crippen molar-refractivity contribution in [3.63, 3.8) is 0 Å². The van der Waals surface area contributed by atoms with Crippen molar-refractivity contribution in [2.75, 3.05) is 13.1 Å². The smallest absolute Gasteiger partial charge is 0.410 e. The molecule has 1 fully saturated rings. The first-order valence-corrected chi connectivity index (χ1v) is 7.45. The van der Waals surface area contributed by atoms with Crippen LogP contribution in [0.2, 0.25) is 0 Å². The first-order valence-electron chi connectivity index (χ1n) is 6.63. The highest BCUT2D eigenvalue weighted by atomic mass is 32.1. The zero-order valence-electron chi connectivity index (χ0n) is 12.0. The van der Waals surface area contributed by atoms with Gasteiger partial charge >= 0.3 is 6.09 Å². The van der Waals surface area contributed by atoms with E-state index in [-0.39, 0.29) is 6.09 Å². The van der Waals surface area contributed by atoms with Crippen molar-refractivity contribution in [2.45, 2.75) is 52.1 Å². The number of carbonyl (C=O) groups excluding carboxylic acids is 1. The van der Waals surface area contributed by atoms with E-state index in [4.69, 9.17) is 4.74 Å². The predicted octanol–water partition coefficient (Wildman–Crippen LogP) is 2.96. The lowest BCUT2D eigenvalue weighted by Crippen LogP contribution is -2.42. The molecule has 1 aromatic heterocycles.